The van der Waals surface area contributed by atoms with Crippen LogP contribution in [0, 0.1) is 5.92 Å². The van der Waals surface area contributed by atoms with Crippen molar-refractivity contribution in [2.45, 2.75) is 26.2 Å². The van der Waals surface area contributed by atoms with Gasteiger partial charge in [-0.25, -0.2) is 4.99 Å². The maximum Gasteiger partial charge on any atom is 0.276 e. The first kappa shape index (κ1) is 21.0. The fraction of sp³-hybridized carbons (Fsp3) is 0.273. The summed E-state index contributed by atoms with van der Waals surface area (Å²) in [5.41, 5.74) is 14.3. The van der Waals surface area contributed by atoms with Crippen molar-refractivity contribution < 1.29 is 4.52 Å². The molecule has 4 N–H and O–H groups in total. The molecule has 3 aromatic rings. The standard InChI is InChI=1S/C22H27N7O/c1-14(2)22(4,21-27-20(30-28-21)19-10-11-26-29(19)5)18-8-6-16(7-9-18)17(12-23)13-25-15(3)24/h6-14H,3,23-24H2,1-2,4-5H3/b17-12+,25-13-/t22-/m1/s1. The van der Waals surface area contributed by atoms with Crippen molar-refractivity contribution in [3.8, 4) is 11.6 Å². The van der Waals surface area contributed by atoms with Crippen molar-refractivity contribution in [2.75, 3.05) is 0 Å². The second-order valence-corrected chi connectivity index (χ2v) is 7.57. The Morgan fingerprint density at radius 2 is 1.97 bits per heavy atom. The normalized spacial score (nSPS) is 14.4. The van der Waals surface area contributed by atoms with Crippen LogP contribution in [0.5, 0.6) is 0 Å². The number of aryl methyl sites for hydroxylation is 1. The van der Waals surface area contributed by atoms with Crippen molar-refractivity contribution >= 4 is 11.8 Å². The van der Waals surface area contributed by atoms with Gasteiger partial charge in [0.1, 0.15) is 11.5 Å². The highest BCUT2D eigenvalue weighted by Crippen LogP contribution is 2.38. The Bertz CT molecular complexity index is 1090. The van der Waals surface area contributed by atoms with Gasteiger partial charge < -0.3 is 16.0 Å². The highest BCUT2D eigenvalue weighted by atomic mass is 16.5. The molecule has 0 aliphatic heterocycles. The van der Waals surface area contributed by atoms with E-state index in [4.69, 9.17) is 21.0 Å². The van der Waals surface area contributed by atoms with Crippen LogP contribution in [0.15, 0.2) is 64.6 Å². The molecule has 30 heavy (non-hydrogen) atoms. The molecule has 0 amide bonds. The molecule has 0 saturated carbocycles. The van der Waals surface area contributed by atoms with Gasteiger partial charge in [-0.1, -0.05) is 49.8 Å². The van der Waals surface area contributed by atoms with Gasteiger partial charge in [0.25, 0.3) is 5.89 Å². The topological polar surface area (TPSA) is 121 Å². The maximum absolute atomic E-state index is 5.75. The lowest BCUT2D eigenvalue weighted by Gasteiger charge is -2.31. The molecule has 2 aromatic heterocycles. The molecule has 0 aliphatic carbocycles. The second kappa shape index (κ2) is 8.36. The maximum atomic E-state index is 5.75. The van der Waals surface area contributed by atoms with E-state index in [-0.39, 0.29) is 11.7 Å². The Morgan fingerprint density at radius 1 is 1.27 bits per heavy atom. The Labute approximate surface area is 176 Å². The molecular formula is C22H27N7O. The zero-order valence-electron chi connectivity index (χ0n) is 17.7. The first-order valence-corrected chi connectivity index (χ1v) is 9.61. The van der Waals surface area contributed by atoms with Crippen molar-refractivity contribution in [3.05, 3.63) is 72.1 Å². The molecule has 0 unspecified atom stereocenters. The number of nitrogens with two attached hydrogens (primary N) is 2. The van der Waals surface area contributed by atoms with Crippen LogP contribution in [-0.2, 0) is 12.5 Å². The van der Waals surface area contributed by atoms with Gasteiger partial charge in [-0.2, -0.15) is 10.1 Å². The van der Waals surface area contributed by atoms with Gasteiger partial charge in [0, 0.05) is 31.2 Å². The third kappa shape index (κ3) is 3.89. The summed E-state index contributed by atoms with van der Waals surface area (Å²) in [7, 11) is 1.84. The number of benzene rings is 1. The van der Waals surface area contributed by atoms with E-state index < -0.39 is 5.41 Å². The Hall–Kier alpha value is -3.68. The molecule has 3 rings (SSSR count). The summed E-state index contributed by atoms with van der Waals surface area (Å²) in [6.45, 7) is 9.95. The predicted molar refractivity (Wildman–Crippen MR) is 118 cm³/mol. The Morgan fingerprint density at radius 3 is 2.50 bits per heavy atom. The molecule has 8 nitrogen and oxygen atoms in total. The summed E-state index contributed by atoms with van der Waals surface area (Å²) >= 11 is 0. The van der Waals surface area contributed by atoms with Crippen molar-refractivity contribution in [2.24, 2.45) is 29.4 Å². The lowest BCUT2D eigenvalue weighted by Crippen LogP contribution is -2.31. The summed E-state index contributed by atoms with van der Waals surface area (Å²) < 4.78 is 7.26. The summed E-state index contributed by atoms with van der Waals surface area (Å²) in [5.74, 6) is 1.50. The van der Waals surface area contributed by atoms with E-state index in [1.54, 1.807) is 17.1 Å². The zero-order valence-corrected chi connectivity index (χ0v) is 17.7. The summed E-state index contributed by atoms with van der Waals surface area (Å²) in [4.78, 5) is 8.71. The Kier molecular flexibility index (Phi) is 5.86. The first-order valence-electron chi connectivity index (χ1n) is 9.61. The lowest BCUT2D eigenvalue weighted by atomic mass is 9.72. The van der Waals surface area contributed by atoms with Gasteiger partial charge in [-0.05, 0) is 30.0 Å². The van der Waals surface area contributed by atoms with E-state index in [1.807, 2.05) is 37.4 Å². The van der Waals surface area contributed by atoms with Crippen LogP contribution in [0.1, 0.15) is 37.7 Å². The quantitative estimate of drug-likeness (QED) is 0.582. The van der Waals surface area contributed by atoms with Crippen molar-refractivity contribution in [1.29, 1.82) is 0 Å². The van der Waals surface area contributed by atoms with E-state index in [0.29, 0.717) is 11.7 Å². The molecule has 0 aliphatic rings. The number of hydrogen-bond donors (Lipinski definition) is 2. The van der Waals surface area contributed by atoms with Gasteiger partial charge in [0.2, 0.25) is 0 Å². The van der Waals surface area contributed by atoms with Crippen molar-refractivity contribution in [3.63, 3.8) is 0 Å². The van der Waals surface area contributed by atoms with Crippen LogP contribution in [0.3, 0.4) is 0 Å². The number of nitrogens with zero attached hydrogens (tertiary/aromatic N) is 5. The fourth-order valence-corrected chi connectivity index (χ4v) is 3.22. The minimum absolute atomic E-state index is 0.215. The molecular weight excluding hydrogens is 378 g/mol. The van der Waals surface area contributed by atoms with Gasteiger partial charge in [0.15, 0.2) is 5.82 Å². The molecule has 2 heterocycles. The number of aliphatic imine (C=N–C) groups is 1. The number of aromatic nitrogens is 4. The van der Waals surface area contributed by atoms with Crippen molar-refractivity contribution in [1.82, 2.24) is 19.9 Å². The molecule has 0 radical (unpaired) electrons. The van der Waals surface area contributed by atoms with Gasteiger partial charge >= 0.3 is 0 Å². The van der Waals surface area contributed by atoms with E-state index in [1.165, 1.54) is 6.20 Å². The van der Waals surface area contributed by atoms with E-state index in [9.17, 15) is 0 Å². The zero-order chi connectivity index (χ0) is 21.9. The summed E-state index contributed by atoms with van der Waals surface area (Å²) in [6, 6.07) is 9.91. The number of rotatable bonds is 7. The van der Waals surface area contributed by atoms with E-state index in [2.05, 4.69) is 42.6 Å². The predicted octanol–water partition coefficient (Wildman–Crippen LogP) is 3.23. The first-order chi connectivity index (χ1) is 14.3. The smallest absolute Gasteiger partial charge is 0.276 e. The van der Waals surface area contributed by atoms with E-state index >= 15 is 0 Å². The molecule has 0 bridgehead atoms. The molecule has 0 fully saturated rings. The summed E-state index contributed by atoms with van der Waals surface area (Å²) in [5, 5.41) is 8.47. The van der Waals surface area contributed by atoms with E-state index in [0.717, 1.165) is 22.4 Å². The largest absolute Gasteiger partial charge is 0.404 e. The van der Waals surface area contributed by atoms with Crippen LogP contribution in [0.2, 0.25) is 0 Å². The lowest BCUT2D eigenvalue weighted by molar-refractivity contribution is 0.350. The fourth-order valence-electron chi connectivity index (χ4n) is 3.22. The summed E-state index contributed by atoms with van der Waals surface area (Å²) in [6.07, 6.45) is 4.78. The monoisotopic (exact) mass is 405 g/mol. The van der Waals surface area contributed by atoms with Gasteiger partial charge in [-0.3, -0.25) is 4.68 Å². The molecule has 1 aromatic carbocycles. The van der Waals surface area contributed by atoms with Crippen LogP contribution in [0.25, 0.3) is 17.2 Å². The van der Waals surface area contributed by atoms with Crippen LogP contribution in [-0.4, -0.2) is 26.1 Å². The molecule has 0 saturated heterocycles. The number of allylic oxidation sites excluding steroid dienone is 1. The third-order valence-corrected chi connectivity index (χ3v) is 5.45. The highest BCUT2D eigenvalue weighted by Gasteiger charge is 2.37. The third-order valence-electron chi connectivity index (χ3n) is 5.45. The van der Waals surface area contributed by atoms with Gasteiger partial charge in [-0.15, -0.1) is 0 Å². The highest BCUT2D eigenvalue weighted by molar-refractivity contribution is 6.09. The molecule has 1 atom stereocenters. The minimum atomic E-state index is -0.453. The van der Waals surface area contributed by atoms with Crippen LogP contribution < -0.4 is 11.5 Å². The Balaban J connectivity index is 1.98. The minimum Gasteiger partial charge on any atom is -0.404 e. The van der Waals surface area contributed by atoms with Gasteiger partial charge in [0.05, 0.1) is 5.41 Å². The molecule has 0 spiro atoms. The average Bonchev–Trinajstić information content (AvgIpc) is 3.37. The average molecular weight is 406 g/mol. The number of hydrogen-bond acceptors (Lipinski definition) is 7. The van der Waals surface area contributed by atoms with Crippen LogP contribution in [0.4, 0.5) is 0 Å². The molecule has 8 heteroatoms. The van der Waals surface area contributed by atoms with Crippen LogP contribution >= 0.6 is 0 Å². The second-order valence-electron chi connectivity index (χ2n) is 7.57. The molecule has 156 valence electrons. The SMILES string of the molecule is C=C(N)/N=C\C(=C/N)c1ccc([C@](C)(c2noc(-c3ccnn3C)n2)C(C)C)cc1.